The molecule has 0 N–H and O–H groups in total. The largest absolute Gasteiger partial charge is 0.336 e. The number of para-hydroxylation sites is 1. The van der Waals surface area contributed by atoms with Gasteiger partial charge in [0, 0.05) is 19.6 Å². The molecule has 0 bridgehead atoms. The van der Waals surface area contributed by atoms with Crippen molar-refractivity contribution in [2.45, 2.75) is 26.3 Å². The molecule has 23 heavy (non-hydrogen) atoms. The molecule has 0 radical (unpaired) electrons. The Labute approximate surface area is 135 Å². The van der Waals surface area contributed by atoms with E-state index in [1.54, 1.807) is 9.80 Å². The van der Waals surface area contributed by atoms with Crippen LogP contribution in [-0.2, 0) is 6.54 Å². The van der Waals surface area contributed by atoms with Crippen LogP contribution >= 0.6 is 0 Å². The molecular formula is C17H19N5O. The maximum Gasteiger partial charge on any atom is 0.336 e. The first-order chi connectivity index (χ1) is 11.3. The fourth-order valence-electron chi connectivity index (χ4n) is 3.19. The number of amides is 2. The molecule has 0 unspecified atom stereocenters. The summed E-state index contributed by atoms with van der Waals surface area (Å²) in [4.78, 5) is 25.8. The number of urea groups is 1. The number of carbonyl (C=O) groups is 1. The monoisotopic (exact) mass is 309 g/mol. The molecule has 3 heterocycles. The number of hydrogen-bond acceptors (Lipinski definition) is 3. The summed E-state index contributed by atoms with van der Waals surface area (Å²) in [6.07, 6.45) is 3.69. The van der Waals surface area contributed by atoms with Crippen LogP contribution in [-0.4, -0.2) is 39.4 Å². The topological polar surface area (TPSA) is 53.7 Å². The second-order valence-corrected chi connectivity index (χ2v) is 5.77. The Kier molecular flexibility index (Phi) is 3.37. The number of amidine groups is 1. The van der Waals surface area contributed by atoms with Gasteiger partial charge in [-0.2, -0.15) is 0 Å². The number of aryl methyl sites for hydroxylation is 1. The van der Waals surface area contributed by atoms with Crippen LogP contribution in [0.3, 0.4) is 0 Å². The van der Waals surface area contributed by atoms with Crippen LogP contribution < -0.4 is 4.90 Å². The van der Waals surface area contributed by atoms with E-state index in [2.05, 4.69) is 21.5 Å². The van der Waals surface area contributed by atoms with E-state index in [0.29, 0.717) is 6.54 Å². The van der Waals surface area contributed by atoms with Gasteiger partial charge in [0.15, 0.2) is 11.7 Å². The molecule has 2 aliphatic rings. The molecule has 4 rings (SSSR count). The summed E-state index contributed by atoms with van der Waals surface area (Å²) in [5.41, 5.74) is 1.67. The number of carbonyl (C=O) groups excluding carboxylic acids is 1. The number of benzene rings is 1. The average Bonchev–Trinajstić information content (AvgIpc) is 3.00. The molecule has 1 aromatic carbocycles. The second kappa shape index (κ2) is 5.53. The predicted molar refractivity (Wildman–Crippen MR) is 89.2 cm³/mol. The van der Waals surface area contributed by atoms with Gasteiger partial charge in [-0.25, -0.2) is 14.7 Å². The molecule has 0 saturated carbocycles. The van der Waals surface area contributed by atoms with Gasteiger partial charge in [-0.15, -0.1) is 0 Å². The van der Waals surface area contributed by atoms with Crippen molar-refractivity contribution in [2.75, 3.05) is 18.0 Å². The number of hydrogen-bond donors (Lipinski definition) is 0. The lowest BCUT2D eigenvalue weighted by Crippen LogP contribution is -2.51. The molecule has 2 aliphatic heterocycles. The molecule has 2 amide bonds. The summed E-state index contributed by atoms with van der Waals surface area (Å²) < 4.78 is 2.05. The third kappa shape index (κ3) is 2.13. The molecule has 2 aromatic rings. The zero-order valence-corrected chi connectivity index (χ0v) is 13.1. The van der Waals surface area contributed by atoms with E-state index in [1.165, 1.54) is 0 Å². The minimum atomic E-state index is -0.0417. The minimum Gasteiger partial charge on any atom is -0.316 e. The lowest BCUT2D eigenvalue weighted by molar-refractivity contribution is 0.226. The van der Waals surface area contributed by atoms with Gasteiger partial charge in [0.2, 0.25) is 0 Å². The van der Waals surface area contributed by atoms with Crippen LogP contribution in [0.2, 0.25) is 0 Å². The van der Waals surface area contributed by atoms with Gasteiger partial charge in [-0.3, -0.25) is 9.89 Å². The number of aliphatic imine (C=N–C) groups is 1. The number of aromatic nitrogens is 2. The normalized spacial score (nSPS) is 16.9. The first kappa shape index (κ1) is 14.0. The quantitative estimate of drug-likeness (QED) is 0.875. The molecule has 118 valence electrons. The van der Waals surface area contributed by atoms with Gasteiger partial charge in [-0.05, 0) is 25.0 Å². The molecule has 1 aromatic heterocycles. The maximum absolute atomic E-state index is 13.1. The number of anilines is 2. The number of fused-ring (bicyclic) bond motifs is 3. The van der Waals surface area contributed by atoms with Gasteiger partial charge >= 0.3 is 6.03 Å². The SMILES string of the molecule is CCCn1cnc2c1N(c1ccccc1)C(=O)N1CCCN=C21. The number of nitrogens with zero attached hydrogens (tertiary/aromatic N) is 5. The first-order valence-electron chi connectivity index (χ1n) is 8.08. The third-order valence-electron chi connectivity index (χ3n) is 4.19. The lowest BCUT2D eigenvalue weighted by Gasteiger charge is -2.37. The number of rotatable bonds is 3. The lowest BCUT2D eigenvalue weighted by atomic mass is 10.2. The van der Waals surface area contributed by atoms with Crippen molar-refractivity contribution in [1.29, 1.82) is 0 Å². The highest BCUT2D eigenvalue weighted by molar-refractivity contribution is 6.20. The van der Waals surface area contributed by atoms with Crippen molar-refractivity contribution in [3.8, 4) is 0 Å². The van der Waals surface area contributed by atoms with Crippen molar-refractivity contribution in [3.05, 3.63) is 42.4 Å². The third-order valence-corrected chi connectivity index (χ3v) is 4.19. The Bertz CT molecular complexity index is 765. The minimum absolute atomic E-state index is 0.0417. The van der Waals surface area contributed by atoms with E-state index in [-0.39, 0.29) is 6.03 Å². The maximum atomic E-state index is 13.1. The smallest absolute Gasteiger partial charge is 0.316 e. The molecule has 0 spiro atoms. The Morgan fingerprint density at radius 3 is 2.83 bits per heavy atom. The molecule has 6 nitrogen and oxygen atoms in total. The van der Waals surface area contributed by atoms with Crippen molar-refractivity contribution in [2.24, 2.45) is 4.99 Å². The van der Waals surface area contributed by atoms with E-state index in [9.17, 15) is 4.79 Å². The summed E-state index contributed by atoms with van der Waals surface area (Å²) in [7, 11) is 0. The highest BCUT2D eigenvalue weighted by Gasteiger charge is 2.40. The average molecular weight is 309 g/mol. The van der Waals surface area contributed by atoms with E-state index in [4.69, 9.17) is 0 Å². The Morgan fingerprint density at radius 2 is 2.04 bits per heavy atom. The van der Waals surface area contributed by atoms with E-state index in [1.807, 2.05) is 36.7 Å². The van der Waals surface area contributed by atoms with Crippen LogP contribution in [0.4, 0.5) is 16.3 Å². The zero-order chi connectivity index (χ0) is 15.8. The van der Waals surface area contributed by atoms with Gasteiger partial charge in [-0.1, -0.05) is 25.1 Å². The molecule has 0 fully saturated rings. The molecule has 0 saturated heterocycles. The van der Waals surface area contributed by atoms with Gasteiger partial charge in [0.1, 0.15) is 5.69 Å². The Balaban J connectivity index is 1.92. The fourth-order valence-corrected chi connectivity index (χ4v) is 3.19. The summed E-state index contributed by atoms with van der Waals surface area (Å²) in [6, 6.07) is 9.72. The Morgan fingerprint density at radius 1 is 1.22 bits per heavy atom. The Hall–Kier alpha value is -2.63. The van der Waals surface area contributed by atoms with Crippen LogP contribution in [0.15, 0.2) is 41.7 Å². The standard InChI is InChI=1S/C17H19N5O/c1-2-10-20-12-19-14-15-18-9-6-11-21(15)17(23)22(16(14)20)13-7-4-3-5-8-13/h3-5,7-8,12H,2,6,9-11H2,1H3. The van der Waals surface area contributed by atoms with Crippen LogP contribution in [0.1, 0.15) is 25.5 Å². The van der Waals surface area contributed by atoms with E-state index < -0.39 is 0 Å². The molecular weight excluding hydrogens is 290 g/mol. The first-order valence-corrected chi connectivity index (χ1v) is 8.08. The van der Waals surface area contributed by atoms with Crippen molar-refractivity contribution in [1.82, 2.24) is 14.5 Å². The van der Waals surface area contributed by atoms with Gasteiger partial charge in [0.05, 0.1) is 12.0 Å². The molecule has 6 heteroatoms. The fraction of sp³-hybridized carbons (Fsp3) is 0.353. The summed E-state index contributed by atoms with van der Waals surface area (Å²) in [6.45, 7) is 4.40. The van der Waals surface area contributed by atoms with E-state index >= 15 is 0 Å². The van der Waals surface area contributed by atoms with Crippen molar-refractivity contribution < 1.29 is 4.79 Å². The summed E-state index contributed by atoms with van der Waals surface area (Å²) in [5.74, 6) is 1.55. The van der Waals surface area contributed by atoms with Crippen molar-refractivity contribution >= 4 is 23.4 Å². The summed E-state index contributed by atoms with van der Waals surface area (Å²) in [5, 5.41) is 0. The highest BCUT2D eigenvalue weighted by Crippen LogP contribution is 2.35. The highest BCUT2D eigenvalue weighted by atomic mass is 16.2. The van der Waals surface area contributed by atoms with Crippen molar-refractivity contribution in [3.63, 3.8) is 0 Å². The van der Waals surface area contributed by atoms with Crippen LogP contribution in [0.25, 0.3) is 0 Å². The molecule has 0 atom stereocenters. The van der Waals surface area contributed by atoms with Gasteiger partial charge < -0.3 is 4.57 Å². The molecule has 0 aliphatic carbocycles. The summed E-state index contributed by atoms with van der Waals surface area (Å²) >= 11 is 0. The van der Waals surface area contributed by atoms with E-state index in [0.717, 1.165) is 49.0 Å². The number of imidazole rings is 1. The zero-order valence-electron chi connectivity index (χ0n) is 13.1. The van der Waals surface area contributed by atoms with Crippen LogP contribution in [0, 0.1) is 0 Å². The van der Waals surface area contributed by atoms with Gasteiger partial charge in [0.25, 0.3) is 0 Å². The predicted octanol–water partition coefficient (Wildman–Crippen LogP) is 3.02. The second-order valence-electron chi connectivity index (χ2n) is 5.77. The van der Waals surface area contributed by atoms with Crippen LogP contribution in [0.5, 0.6) is 0 Å².